The molecule has 5 heteroatoms. The molecule has 0 fully saturated rings. The molecule has 0 radical (unpaired) electrons. The number of thiocarbonyl (C=S) groups is 1. The molecule has 0 amide bonds. The maximum Gasteiger partial charge on any atom is 0.133 e. The molecule has 0 saturated heterocycles. The molecular formula is C7H6F2INS. The van der Waals surface area contributed by atoms with Crippen LogP contribution in [0.4, 0.5) is 8.78 Å². The first kappa shape index (κ1) is 11.7. The van der Waals surface area contributed by atoms with Gasteiger partial charge in [0.25, 0.3) is 0 Å². The lowest BCUT2D eigenvalue weighted by atomic mass is 10.2. The van der Waals surface area contributed by atoms with Crippen molar-refractivity contribution in [2.75, 3.05) is 0 Å². The van der Waals surface area contributed by atoms with E-state index in [1.807, 2.05) is 0 Å². The molecule has 0 unspecified atom stereocenters. The number of hydrogen-bond donors (Lipinski definition) is 1. The van der Waals surface area contributed by atoms with Crippen LogP contribution in [0, 0.1) is 11.6 Å². The van der Waals surface area contributed by atoms with Crippen LogP contribution in [0.2, 0.25) is 0 Å². The first-order valence-electron chi connectivity index (χ1n) is 2.86. The summed E-state index contributed by atoms with van der Waals surface area (Å²) in [6.07, 6.45) is 0. The van der Waals surface area contributed by atoms with E-state index in [0.29, 0.717) is 0 Å². The molecule has 0 aliphatic carbocycles. The molecule has 2 N–H and O–H groups in total. The van der Waals surface area contributed by atoms with E-state index in [0.717, 1.165) is 18.2 Å². The minimum Gasteiger partial charge on any atom is -0.389 e. The highest BCUT2D eigenvalue weighted by atomic mass is 127. The monoisotopic (exact) mass is 301 g/mol. The summed E-state index contributed by atoms with van der Waals surface area (Å²) < 4.78 is 25.1. The Bertz CT molecular complexity index is 303. The SMILES string of the molecule is I.NC(=S)c1cc(F)ccc1F. The van der Waals surface area contributed by atoms with Gasteiger partial charge in [0.1, 0.15) is 16.6 Å². The molecule has 0 bridgehead atoms. The third-order valence-corrected chi connectivity index (χ3v) is 1.41. The number of nitrogens with two attached hydrogens (primary N) is 1. The van der Waals surface area contributed by atoms with Gasteiger partial charge in [-0.05, 0) is 18.2 Å². The average molecular weight is 301 g/mol. The Morgan fingerprint density at radius 1 is 1.33 bits per heavy atom. The minimum absolute atomic E-state index is 0. The predicted molar refractivity (Wildman–Crippen MR) is 57.7 cm³/mol. The van der Waals surface area contributed by atoms with E-state index in [1.165, 1.54) is 0 Å². The lowest BCUT2D eigenvalue weighted by Crippen LogP contribution is -2.11. The maximum atomic E-state index is 12.7. The van der Waals surface area contributed by atoms with Gasteiger partial charge in [-0.2, -0.15) is 0 Å². The molecule has 0 aromatic heterocycles. The molecule has 0 atom stereocenters. The lowest BCUT2D eigenvalue weighted by Gasteiger charge is -1.98. The molecule has 0 aliphatic heterocycles. The van der Waals surface area contributed by atoms with Crippen LogP contribution in [-0.4, -0.2) is 4.99 Å². The third-order valence-electron chi connectivity index (χ3n) is 1.19. The second kappa shape index (κ2) is 4.66. The van der Waals surface area contributed by atoms with Crippen LogP contribution in [0.25, 0.3) is 0 Å². The van der Waals surface area contributed by atoms with Gasteiger partial charge in [-0.1, -0.05) is 12.2 Å². The van der Waals surface area contributed by atoms with E-state index in [2.05, 4.69) is 12.2 Å². The topological polar surface area (TPSA) is 26.0 Å². The highest BCUT2D eigenvalue weighted by Crippen LogP contribution is 2.08. The van der Waals surface area contributed by atoms with Crippen molar-refractivity contribution in [2.45, 2.75) is 0 Å². The van der Waals surface area contributed by atoms with Crippen LogP contribution in [0.5, 0.6) is 0 Å². The second-order valence-electron chi connectivity index (χ2n) is 1.99. The van der Waals surface area contributed by atoms with E-state index >= 15 is 0 Å². The van der Waals surface area contributed by atoms with E-state index in [4.69, 9.17) is 5.73 Å². The van der Waals surface area contributed by atoms with Crippen molar-refractivity contribution in [1.82, 2.24) is 0 Å². The average Bonchev–Trinajstić information content (AvgIpc) is 1.94. The Morgan fingerprint density at radius 3 is 2.33 bits per heavy atom. The highest BCUT2D eigenvalue weighted by molar-refractivity contribution is 14.0. The van der Waals surface area contributed by atoms with Gasteiger partial charge < -0.3 is 5.73 Å². The summed E-state index contributed by atoms with van der Waals surface area (Å²) in [6.45, 7) is 0. The number of benzene rings is 1. The quantitative estimate of drug-likeness (QED) is 0.636. The first-order valence-corrected chi connectivity index (χ1v) is 3.27. The summed E-state index contributed by atoms with van der Waals surface area (Å²) in [5.41, 5.74) is 5.05. The van der Waals surface area contributed by atoms with Crippen molar-refractivity contribution in [3.8, 4) is 0 Å². The summed E-state index contributed by atoms with van der Waals surface area (Å²) in [6, 6.07) is 2.97. The van der Waals surface area contributed by atoms with Gasteiger partial charge in [0.15, 0.2) is 0 Å². The Hall–Kier alpha value is -0.300. The standard InChI is InChI=1S/C7H5F2NS.HI/c8-4-1-2-6(9)5(3-4)7(10)11;/h1-3H,(H2,10,11);1H. The van der Waals surface area contributed by atoms with Gasteiger partial charge in [-0.15, -0.1) is 24.0 Å². The van der Waals surface area contributed by atoms with Crippen molar-refractivity contribution < 1.29 is 8.78 Å². The van der Waals surface area contributed by atoms with Gasteiger partial charge >= 0.3 is 0 Å². The van der Waals surface area contributed by atoms with E-state index < -0.39 is 11.6 Å². The highest BCUT2D eigenvalue weighted by Gasteiger charge is 2.04. The predicted octanol–water partition coefficient (Wildman–Crippen LogP) is 2.22. The summed E-state index contributed by atoms with van der Waals surface area (Å²) in [5, 5.41) is 0. The third kappa shape index (κ3) is 2.63. The number of hydrogen-bond acceptors (Lipinski definition) is 1. The fourth-order valence-electron chi connectivity index (χ4n) is 0.686. The molecule has 0 heterocycles. The fourth-order valence-corrected chi connectivity index (χ4v) is 0.843. The zero-order valence-corrected chi connectivity index (χ0v) is 9.03. The van der Waals surface area contributed by atoms with Gasteiger partial charge in [-0.25, -0.2) is 8.78 Å². The molecule has 1 rings (SSSR count). The first-order chi connectivity index (χ1) is 5.11. The van der Waals surface area contributed by atoms with Crippen molar-refractivity contribution in [1.29, 1.82) is 0 Å². The Labute approximate surface area is 91.0 Å². The smallest absolute Gasteiger partial charge is 0.133 e. The molecule has 1 nitrogen and oxygen atoms in total. The summed E-state index contributed by atoms with van der Waals surface area (Å²) in [4.78, 5) is -0.137. The summed E-state index contributed by atoms with van der Waals surface area (Å²) in [7, 11) is 0. The second-order valence-corrected chi connectivity index (χ2v) is 2.43. The minimum atomic E-state index is -0.598. The zero-order chi connectivity index (χ0) is 8.43. The van der Waals surface area contributed by atoms with Gasteiger partial charge in [-0.3, -0.25) is 0 Å². The number of halogens is 3. The summed E-state index contributed by atoms with van der Waals surface area (Å²) >= 11 is 4.48. The Morgan fingerprint density at radius 2 is 1.92 bits per heavy atom. The van der Waals surface area contributed by atoms with Crippen molar-refractivity contribution in [2.24, 2.45) is 5.73 Å². The van der Waals surface area contributed by atoms with E-state index in [9.17, 15) is 8.78 Å². The van der Waals surface area contributed by atoms with Crippen LogP contribution in [-0.2, 0) is 0 Å². The lowest BCUT2D eigenvalue weighted by molar-refractivity contribution is 0.598. The molecule has 1 aromatic rings. The Balaban J connectivity index is 0.00000121. The Kier molecular flexibility index (Phi) is 4.54. The van der Waals surface area contributed by atoms with Crippen LogP contribution in [0.15, 0.2) is 18.2 Å². The van der Waals surface area contributed by atoms with E-state index in [-0.39, 0.29) is 34.5 Å². The largest absolute Gasteiger partial charge is 0.389 e. The van der Waals surface area contributed by atoms with E-state index in [1.54, 1.807) is 0 Å². The fraction of sp³-hybridized carbons (Fsp3) is 0. The molecular weight excluding hydrogens is 295 g/mol. The molecule has 0 spiro atoms. The molecule has 12 heavy (non-hydrogen) atoms. The van der Waals surface area contributed by atoms with Crippen LogP contribution < -0.4 is 5.73 Å². The zero-order valence-electron chi connectivity index (χ0n) is 5.88. The summed E-state index contributed by atoms with van der Waals surface area (Å²) in [5.74, 6) is -1.15. The van der Waals surface area contributed by atoms with Crippen LogP contribution >= 0.6 is 36.2 Å². The molecule has 66 valence electrons. The van der Waals surface area contributed by atoms with Crippen molar-refractivity contribution in [3.05, 3.63) is 35.4 Å². The maximum absolute atomic E-state index is 12.7. The van der Waals surface area contributed by atoms with Gasteiger partial charge in [0, 0.05) is 5.56 Å². The molecule has 1 aromatic carbocycles. The molecule has 0 saturated carbocycles. The van der Waals surface area contributed by atoms with Crippen molar-refractivity contribution >= 4 is 41.2 Å². The number of rotatable bonds is 1. The van der Waals surface area contributed by atoms with Gasteiger partial charge in [0.05, 0.1) is 0 Å². The van der Waals surface area contributed by atoms with Crippen LogP contribution in [0.1, 0.15) is 5.56 Å². The van der Waals surface area contributed by atoms with Crippen molar-refractivity contribution in [3.63, 3.8) is 0 Å². The van der Waals surface area contributed by atoms with Crippen LogP contribution in [0.3, 0.4) is 0 Å². The normalized spacial score (nSPS) is 8.83. The van der Waals surface area contributed by atoms with Gasteiger partial charge in [0.2, 0.25) is 0 Å². The molecule has 0 aliphatic rings.